The number of rotatable bonds is 4. The zero-order chi connectivity index (χ0) is 14.7. The Labute approximate surface area is 122 Å². The Morgan fingerprint density at radius 3 is 2.75 bits per heavy atom. The standard InChI is InChI=1S/C17H26N2O/c1-12(2)18-13(3)10-15-7-8-17-16(11-15)6-5-9-19(17)14(4)20/h7-8,11-13,18H,5-6,9-10H2,1-4H3. The molecule has 1 aliphatic rings. The molecule has 2 rings (SSSR count). The largest absolute Gasteiger partial charge is 0.312 e. The lowest BCUT2D eigenvalue weighted by molar-refractivity contribution is -0.116. The average molecular weight is 274 g/mol. The number of hydrogen-bond acceptors (Lipinski definition) is 2. The Bertz CT molecular complexity index is 482. The minimum Gasteiger partial charge on any atom is -0.312 e. The number of amides is 1. The van der Waals surface area contributed by atoms with E-state index in [0.29, 0.717) is 12.1 Å². The summed E-state index contributed by atoms with van der Waals surface area (Å²) in [5.41, 5.74) is 3.78. The van der Waals surface area contributed by atoms with Crippen LogP contribution in [0.1, 0.15) is 45.2 Å². The van der Waals surface area contributed by atoms with Gasteiger partial charge in [0.15, 0.2) is 0 Å². The molecule has 0 fully saturated rings. The van der Waals surface area contributed by atoms with Gasteiger partial charge in [-0.1, -0.05) is 26.0 Å². The predicted molar refractivity (Wildman–Crippen MR) is 84.2 cm³/mol. The fourth-order valence-corrected chi connectivity index (χ4v) is 3.09. The minimum absolute atomic E-state index is 0.147. The van der Waals surface area contributed by atoms with E-state index in [-0.39, 0.29) is 5.91 Å². The molecule has 1 atom stereocenters. The maximum atomic E-state index is 11.7. The monoisotopic (exact) mass is 274 g/mol. The highest BCUT2D eigenvalue weighted by Crippen LogP contribution is 2.28. The minimum atomic E-state index is 0.147. The summed E-state index contributed by atoms with van der Waals surface area (Å²) < 4.78 is 0. The number of aryl methyl sites for hydroxylation is 1. The molecule has 20 heavy (non-hydrogen) atoms. The quantitative estimate of drug-likeness (QED) is 0.915. The van der Waals surface area contributed by atoms with Gasteiger partial charge in [-0.15, -0.1) is 0 Å². The van der Waals surface area contributed by atoms with Gasteiger partial charge in [0.25, 0.3) is 0 Å². The second kappa shape index (κ2) is 6.40. The van der Waals surface area contributed by atoms with Crippen molar-refractivity contribution in [3.63, 3.8) is 0 Å². The van der Waals surface area contributed by atoms with Crippen molar-refractivity contribution >= 4 is 11.6 Å². The molecule has 1 aromatic rings. The van der Waals surface area contributed by atoms with Crippen molar-refractivity contribution in [3.05, 3.63) is 29.3 Å². The number of carbonyl (C=O) groups excluding carboxylic acids is 1. The molecule has 0 radical (unpaired) electrons. The molecule has 1 heterocycles. The van der Waals surface area contributed by atoms with Gasteiger partial charge >= 0.3 is 0 Å². The van der Waals surface area contributed by atoms with Gasteiger partial charge in [0, 0.05) is 31.2 Å². The third kappa shape index (κ3) is 3.60. The molecular weight excluding hydrogens is 248 g/mol. The molecule has 1 amide bonds. The van der Waals surface area contributed by atoms with Crippen molar-refractivity contribution in [1.29, 1.82) is 0 Å². The SMILES string of the molecule is CC(=O)N1CCCc2cc(CC(C)NC(C)C)ccc21. The van der Waals surface area contributed by atoms with Crippen LogP contribution < -0.4 is 10.2 Å². The zero-order valence-corrected chi connectivity index (χ0v) is 13.1. The first-order valence-electron chi connectivity index (χ1n) is 7.63. The average Bonchev–Trinajstić information content (AvgIpc) is 2.36. The van der Waals surface area contributed by atoms with Crippen molar-refractivity contribution in [2.75, 3.05) is 11.4 Å². The van der Waals surface area contributed by atoms with Gasteiger partial charge in [-0.2, -0.15) is 0 Å². The summed E-state index contributed by atoms with van der Waals surface area (Å²) in [6.07, 6.45) is 3.18. The van der Waals surface area contributed by atoms with Crippen LogP contribution in [-0.4, -0.2) is 24.5 Å². The number of hydrogen-bond donors (Lipinski definition) is 1. The van der Waals surface area contributed by atoms with Crippen LogP contribution in [0.25, 0.3) is 0 Å². The molecule has 0 aromatic heterocycles. The number of fused-ring (bicyclic) bond motifs is 1. The molecule has 0 bridgehead atoms. The Morgan fingerprint density at radius 1 is 1.35 bits per heavy atom. The normalized spacial score (nSPS) is 16.1. The van der Waals surface area contributed by atoms with Crippen LogP contribution in [0.3, 0.4) is 0 Å². The number of nitrogens with one attached hydrogen (secondary N) is 1. The van der Waals surface area contributed by atoms with Crippen LogP contribution in [0, 0.1) is 0 Å². The maximum Gasteiger partial charge on any atom is 0.223 e. The summed E-state index contributed by atoms with van der Waals surface area (Å²) in [7, 11) is 0. The van der Waals surface area contributed by atoms with Crippen molar-refractivity contribution in [3.8, 4) is 0 Å². The lowest BCUT2D eigenvalue weighted by atomic mass is 9.96. The van der Waals surface area contributed by atoms with Gasteiger partial charge in [-0.05, 0) is 43.4 Å². The maximum absolute atomic E-state index is 11.7. The predicted octanol–water partition coefficient (Wildman–Crippen LogP) is 2.91. The smallest absolute Gasteiger partial charge is 0.223 e. The number of benzene rings is 1. The van der Waals surface area contributed by atoms with Crippen LogP contribution in [0.4, 0.5) is 5.69 Å². The van der Waals surface area contributed by atoms with E-state index in [2.05, 4.69) is 44.3 Å². The molecule has 0 aliphatic carbocycles. The molecule has 1 aromatic carbocycles. The third-order valence-electron chi connectivity index (χ3n) is 3.80. The fraction of sp³-hybridized carbons (Fsp3) is 0.588. The molecule has 0 saturated heterocycles. The van der Waals surface area contributed by atoms with E-state index in [1.165, 1.54) is 11.1 Å². The molecule has 0 spiro atoms. The lowest BCUT2D eigenvalue weighted by Crippen LogP contribution is -2.34. The Balaban J connectivity index is 2.13. The van der Waals surface area contributed by atoms with Gasteiger partial charge in [-0.3, -0.25) is 4.79 Å². The highest BCUT2D eigenvalue weighted by atomic mass is 16.2. The second-order valence-corrected chi connectivity index (χ2v) is 6.16. The van der Waals surface area contributed by atoms with E-state index in [1.54, 1.807) is 6.92 Å². The summed E-state index contributed by atoms with van der Waals surface area (Å²) >= 11 is 0. The molecule has 1 N–H and O–H groups in total. The summed E-state index contributed by atoms with van der Waals surface area (Å²) in [6.45, 7) is 9.08. The summed E-state index contributed by atoms with van der Waals surface area (Å²) in [6, 6.07) is 7.55. The third-order valence-corrected chi connectivity index (χ3v) is 3.80. The number of carbonyl (C=O) groups is 1. The molecule has 1 unspecified atom stereocenters. The summed E-state index contributed by atoms with van der Waals surface area (Å²) in [4.78, 5) is 13.6. The van der Waals surface area contributed by atoms with Crippen LogP contribution >= 0.6 is 0 Å². The molecule has 1 aliphatic heterocycles. The van der Waals surface area contributed by atoms with Crippen molar-refractivity contribution in [2.45, 2.75) is 59.0 Å². The molecule has 0 saturated carbocycles. The first-order chi connectivity index (χ1) is 9.47. The zero-order valence-electron chi connectivity index (χ0n) is 13.1. The highest BCUT2D eigenvalue weighted by molar-refractivity contribution is 5.92. The Morgan fingerprint density at radius 2 is 2.10 bits per heavy atom. The van der Waals surface area contributed by atoms with Crippen LogP contribution in [-0.2, 0) is 17.6 Å². The fourth-order valence-electron chi connectivity index (χ4n) is 3.09. The molecular formula is C17H26N2O. The molecule has 110 valence electrons. The Kier molecular flexibility index (Phi) is 4.81. The second-order valence-electron chi connectivity index (χ2n) is 6.16. The molecule has 3 heteroatoms. The van der Waals surface area contributed by atoms with Gasteiger partial charge in [-0.25, -0.2) is 0 Å². The van der Waals surface area contributed by atoms with Crippen LogP contribution in [0.5, 0.6) is 0 Å². The first kappa shape index (κ1) is 15.0. The number of anilines is 1. The van der Waals surface area contributed by atoms with E-state index in [0.717, 1.165) is 31.5 Å². The van der Waals surface area contributed by atoms with Crippen molar-refractivity contribution < 1.29 is 4.79 Å². The Hall–Kier alpha value is -1.35. The lowest BCUT2D eigenvalue weighted by Gasteiger charge is -2.29. The van der Waals surface area contributed by atoms with Crippen LogP contribution in [0.15, 0.2) is 18.2 Å². The van der Waals surface area contributed by atoms with E-state index < -0.39 is 0 Å². The van der Waals surface area contributed by atoms with E-state index >= 15 is 0 Å². The first-order valence-corrected chi connectivity index (χ1v) is 7.63. The van der Waals surface area contributed by atoms with Crippen molar-refractivity contribution in [2.24, 2.45) is 0 Å². The van der Waals surface area contributed by atoms with Crippen LogP contribution in [0.2, 0.25) is 0 Å². The van der Waals surface area contributed by atoms with E-state index in [9.17, 15) is 4.79 Å². The van der Waals surface area contributed by atoms with Gasteiger partial charge in [0.1, 0.15) is 0 Å². The van der Waals surface area contributed by atoms with Gasteiger partial charge in [0.2, 0.25) is 5.91 Å². The summed E-state index contributed by atoms with van der Waals surface area (Å²) in [5.74, 6) is 0.147. The summed E-state index contributed by atoms with van der Waals surface area (Å²) in [5, 5.41) is 3.53. The highest BCUT2D eigenvalue weighted by Gasteiger charge is 2.20. The number of nitrogens with zero attached hydrogens (tertiary/aromatic N) is 1. The van der Waals surface area contributed by atoms with Gasteiger partial charge < -0.3 is 10.2 Å². The topological polar surface area (TPSA) is 32.3 Å². The van der Waals surface area contributed by atoms with E-state index in [4.69, 9.17) is 0 Å². The molecule has 3 nitrogen and oxygen atoms in total. The van der Waals surface area contributed by atoms with E-state index in [1.807, 2.05) is 4.90 Å². The van der Waals surface area contributed by atoms with Crippen molar-refractivity contribution in [1.82, 2.24) is 5.32 Å². The van der Waals surface area contributed by atoms with Gasteiger partial charge in [0.05, 0.1) is 0 Å².